The highest BCUT2D eigenvalue weighted by Gasteiger charge is 2.39. The van der Waals surface area contributed by atoms with Crippen LogP contribution in [0.4, 0.5) is 10.8 Å². The Labute approximate surface area is 105 Å². The smallest absolute Gasteiger partial charge is 0.157 e. The van der Waals surface area contributed by atoms with Crippen molar-refractivity contribution in [3.8, 4) is 6.07 Å². The predicted octanol–water partition coefficient (Wildman–Crippen LogP) is 2.45. The zero-order chi connectivity index (χ0) is 11.8. The fourth-order valence-corrected chi connectivity index (χ4v) is 4.05. The lowest BCUT2D eigenvalue weighted by atomic mass is 9.89. The Morgan fingerprint density at radius 3 is 3.00 bits per heavy atom. The molecule has 3 unspecified atom stereocenters. The van der Waals surface area contributed by atoms with Crippen LogP contribution in [0.3, 0.4) is 0 Å². The van der Waals surface area contributed by atoms with Gasteiger partial charge < -0.3 is 11.1 Å². The molecule has 0 saturated heterocycles. The van der Waals surface area contributed by atoms with E-state index in [1.54, 1.807) is 0 Å². The van der Waals surface area contributed by atoms with Gasteiger partial charge in [0.15, 0.2) is 5.82 Å². The first-order valence-corrected chi connectivity index (χ1v) is 6.94. The van der Waals surface area contributed by atoms with E-state index >= 15 is 0 Å². The second-order valence-corrected chi connectivity index (χ2v) is 5.97. The second-order valence-electron chi connectivity index (χ2n) is 5.20. The predicted molar refractivity (Wildman–Crippen MR) is 68.7 cm³/mol. The van der Waals surface area contributed by atoms with Crippen LogP contribution in [0.15, 0.2) is 0 Å². The lowest BCUT2D eigenvalue weighted by Gasteiger charge is -2.21. The van der Waals surface area contributed by atoms with Crippen molar-refractivity contribution < 1.29 is 0 Å². The molecule has 4 nitrogen and oxygen atoms in total. The maximum Gasteiger partial charge on any atom is 0.157 e. The fourth-order valence-electron chi connectivity index (χ4n) is 3.38. The van der Waals surface area contributed by atoms with Gasteiger partial charge in [-0.15, -0.1) is 0 Å². The molecule has 0 radical (unpaired) electrons. The molecule has 90 valence electrons. The lowest BCUT2D eigenvalue weighted by Crippen LogP contribution is -2.20. The molecular weight excluding hydrogens is 232 g/mol. The first kappa shape index (κ1) is 10.8. The minimum Gasteiger partial charge on any atom is -0.382 e. The summed E-state index contributed by atoms with van der Waals surface area (Å²) in [5.74, 6) is 3.01. The number of rotatable bonds is 3. The van der Waals surface area contributed by atoms with Crippen molar-refractivity contribution in [1.82, 2.24) is 4.37 Å². The minimum atomic E-state index is 0.355. The Balaban J connectivity index is 1.63. The monoisotopic (exact) mass is 248 g/mol. The molecule has 1 aromatic rings. The SMILES string of the molecule is N#Cc1c(N)nsc1NCC1CC2CCC1C2. The van der Waals surface area contributed by atoms with E-state index in [9.17, 15) is 0 Å². The maximum atomic E-state index is 8.98. The second kappa shape index (κ2) is 4.19. The van der Waals surface area contributed by atoms with Crippen LogP contribution in [0.25, 0.3) is 0 Å². The van der Waals surface area contributed by atoms with E-state index in [4.69, 9.17) is 11.0 Å². The van der Waals surface area contributed by atoms with Gasteiger partial charge in [-0.2, -0.15) is 9.64 Å². The van der Waals surface area contributed by atoms with Gasteiger partial charge in [-0.3, -0.25) is 0 Å². The average molecular weight is 248 g/mol. The molecule has 2 fully saturated rings. The lowest BCUT2D eigenvalue weighted by molar-refractivity contribution is 0.348. The van der Waals surface area contributed by atoms with Crippen molar-refractivity contribution in [3.63, 3.8) is 0 Å². The highest BCUT2D eigenvalue weighted by atomic mass is 32.1. The third-order valence-corrected chi connectivity index (χ3v) is 5.06. The summed E-state index contributed by atoms with van der Waals surface area (Å²) in [7, 11) is 0. The molecule has 2 aliphatic carbocycles. The zero-order valence-corrected chi connectivity index (χ0v) is 10.5. The van der Waals surface area contributed by atoms with Crippen molar-refractivity contribution in [2.75, 3.05) is 17.6 Å². The van der Waals surface area contributed by atoms with Gasteiger partial charge in [0, 0.05) is 6.54 Å². The first-order valence-electron chi connectivity index (χ1n) is 6.17. The highest BCUT2D eigenvalue weighted by Crippen LogP contribution is 2.48. The van der Waals surface area contributed by atoms with Crippen molar-refractivity contribution in [3.05, 3.63) is 5.56 Å². The summed E-state index contributed by atoms with van der Waals surface area (Å²) in [5, 5.41) is 13.2. The molecule has 2 saturated carbocycles. The van der Waals surface area contributed by atoms with Crippen LogP contribution >= 0.6 is 11.5 Å². The van der Waals surface area contributed by atoms with Crippen LogP contribution in [0.1, 0.15) is 31.2 Å². The number of fused-ring (bicyclic) bond motifs is 2. The van der Waals surface area contributed by atoms with Crippen LogP contribution in [-0.4, -0.2) is 10.9 Å². The van der Waals surface area contributed by atoms with Gasteiger partial charge in [0.05, 0.1) is 0 Å². The molecule has 0 aliphatic heterocycles. The molecule has 3 N–H and O–H groups in total. The molecule has 3 atom stereocenters. The number of hydrogen-bond acceptors (Lipinski definition) is 5. The number of nitriles is 1. The minimum absolute atomic E-state index is 0.355. The number of nitrogens with two attached hydrogens (primary N) is 1. The number of anilines is 2. The van der Waals surface area contributed by atoms with Crippen molar-refractivity contribution in [2.45, 2.75) is 25.7 Å². The Bertz CT molecular complexity index is 462. The normalized spacial score (nSPS) is 30.4. The van der Waals surface area contributed by atoms with E-state index < -0.39 is 0 Å². The number of hydrogen-bond donors (Lipinski definition) is 2. The Morgan fingerprint density at radius 2 is 2.35 bits per heavy atom. The maximum absolute atomic E-state index is 8.98. The summed E-state index contributed by atoms with van der Waals surface area (Å²) in [5.41, 5.74) is 6.15. The van der Waals surface area contributed by atoms with E-state index in [1.807, 2.05) is 0 Å². The molecule has 1 heterocycles. The van der Waals surface area contributed by atoms with Crippen LogP contribution in [0, 0.1) is 29.1 Å². The Morgan fingerprint density at radius 1 is 1.47 bits per heavy atom. The summed E-state index contributed by atoms with van der Waals surface area (Å²) < 4.78 is 4.02. The molecule has 3 rings (SSSR count). The van der Waals surface area contributed by atoms with Gasteiger partial charge >= 0.3 is 0 Å². The van der Waals surface area contributed by atoms with Gasteiger partial charge in [-0.05, 0) is 48.5 Å². The Hall–Kier alpha value is -1.28. The molecule has 17 heavy (non-hydrogen) atoms. The molecule has 0 amide bonds. The number of aromatic nitrogens is 1. The summed E-state index contributed by atoms with van der Waals surface area (Å²) in [4.78, 5) is 0. The van der Waals surface area contributed by atoms with Gasteiger partial charge in [-0.25, -0.2) is 0 Å². The third kappa shape index (κ3) is 1.87. The summed E-state index contributed by atoms with van der Waals surface area (Å²) in [6.45, 7) is 0.970. The van der Waals surface area contributed by atoms with Gasteiger partial charge in [0.2, 0.25) is 0 Å². The number of nitrogen functional groups attached to an aromatic ring is 1. The van der Waals surface area contributed by atoms with E-state index in [0.29, 0.717) is 11.4 Å². The third-order valence-electron chi connectivity index (χ3n) is 4.24. The van der Waals surface area contributed by atoms with Crippen LogP contribution in [0.2, 0.25) is 0 Å². The molecular formula is C12H16N4S. The van der Waals surface area contributed by atoms with Gasteiger partial charge in [-0.1, -0.05) is 6.42 Å². The van der Waals surface area contributed by atoms with Gasteiger partial charge in [0.25, 0.3) is 0 Å². The highest BCUT2D eigenvalue weighted by molar-refractivity contribution is 7.10. The van der Waals surface area contributed by atoms with E-state index in [1.165, 1.54) is 37.2 Å². The van der Waals surface area contributed by atoms with E-state index in [-0.39, 0.29) is 0 Å². The number of nitrogens with zero attached hydrogens (tertiary/aromatic N) is 2. The average Bonchev–Trinajstić information content (AvgIpc) is 3.01. The zero-order valence-electron chi connectivity index (χ0n) is 9.65. The summed E-state index contributed by atoms with van der Waals surface area (Å²) in [6, 6.07) is 2.11. The van der Waals surface area contributed by atoms with Crippen LogP contribution in [-0.2, 0) is 0 Å². The number of nitrogens with one attached hydrogen (secondary N) is 1. The summed E-state index contributed by atoms with van der Waals surface area (Å²) in [6.07, 6.45) is 5.60. The molecule has 1 aromatic heterocycles. The van der Waals surface area contributed by atoms with Crippen molar-refractivity contribution >= 4 is 22.4 Å². The van der Waals surface area contributed by atoms with Crippen LogP contribution in [0.5, 0.6) is 0 Å². The Kier molecular flexibility index (Phi) is 2.67. The van der Waals surface area contributed by atoms with Crippen molar-refractivity contribution in [2.24, 2.45) is 17.8 Å². The van der Waals surface area contributed by atoms with Gasteiger partial charge in [0.1, 0.15) is 16.6 Å². The molecule has 2 bridgehead atoms. The fraction of sp³-hybridized carbons (Fsp3) is 0.667. The van der Waals surface area contributed by atoms with E-state index in [2.05, 4.69) is 15.8 Å². The standard InChI is InChI=1S/C12H16N4S/c13-5-10-11(14)16-17-12(10)15-6-9-4-7-1-2-8(9)3-7/h7-9,15H,1-4,6H2,(H2,14,16). The quantitative estimate of drug-likeness (QED) is 0.861. The largest absolute Gasteiger partial charge is 0.382 e. The summed E-state index contributed by atoms with van der Waals surface area (Å²) >= 11 is 1.30. The molecule has 0 aromatic carbocycles. The van der Waals surface area contributed by atoms with E-state index in [0.717, 1.165) is 29.3 Å². The molecule has 2 aliphatic rings. The van der Waals surface area contributed by atoms with Crippen LogP contribution < -0.4 is 11.1 Å². The molecule has 5 heteroatoms. The molecule has 0 spiro atoms. The topological polar surface area (TPSA) is 74.7 Å². The first-order chi connectivity index (χ1) is 8.28. The van der Waals surface area contributed by atoms with Crippen molar-refractivity contribution in [1.29, 1.82) is 5.26 Å².